The van der Waals surface area contributed by atoms with Gasteiger partial charge >= 0.3 is 0 Å². The van der Waals surface area contributed by atoms with E-state index in [1.54, 1.807) is 12.0 Å². The summed E-state index contributed by atoms with van der Waals surface area (Å²) in [5.74, 6) is 0.311. The lowest BCUT2D eigenvalue weighted by Gasteiger charge is -2.43. The highest BCUT2D eigenvalue weighted by molar-refractivity contribution is 5.98. The second kappa shape index (κ2) is 8.40. The van der Waals surface area contributed by atoms with E-state index in [-0.39, 0.29) is 18.4 Å². The van der Waals surface area contributed by atoms with E-state index < -0.39 is 11.8 Å². The number of carbonyl (C=O) groups is 2. The Balaban J connectivity index is 1.87. The molecule has 0 bridgehead atoms. The van der Waals surface area contributed by atoms with Crippen molar-refractivity contribution in [2.24, 2.45) is 5.92 Å². The molecule has 1 N–H and O–H groups in total. The van der Waals surface area contributed by atoms with Crippen LogP contribution in [0.5, 0.6) is 0 Å². The molecule has 0 unspecified atom stereocenters. The maximum atomic E-state index is 13.4. The first-order chi connectivity index (χ1) is 13.0. The first kappa shape index (κ1) is 19.8. The normalized spacial score (nSPS) is 27.7. The minimum Gasteiger partial charge on any atom is -0.383 e. The fraction of sp³-hybridized carbons (Fsp3) is 0.619. The van der Waals surface area contributed by atoms with Crippen molar-refractivity contribution in [2.45, 2.75) is 51.3 Å². The van der Waals surface area contributed by atoms with E-state index in [9.17, 15) is 9.59 Å². The van der Waals surface area contributed by atoms with E-state index in [1.807, 2.05) is 31.2 Å². The number of hydrogen-bond donors (Lipinski definition) is 1. The summed E-state index contributed by atoms with van der Waals surface area (Å²) in [6.45, 7) is 5.29. The van der Waals surface area contributed by atoms with Crippen LogP contribution in [0, 0.1) is 12.8 Å². The van der Waals surface area contributed by atoms with Crippen LogP contribution in [0.25, 0.3) is 0 Å². The smallest absolute Gasteiger partial charge is 0.256 e. The number of aryl methyl sites for hydroxylation is 1. The minimum absolute atomic E-state index is 0.127. The third kappa shape index (κ3) is 4.17. The zero-order valence-electron chi connectivity index (χ0n) is 16.5. The summed E-state index contributed by atoms with van der Waals surface area (Å²) >= 11 is 0. The molecule has 1 aliphatic heterocycles. The number of carbonyl (C=O) groups excluding carboxylic acids is 2. The first-order valence-corrected chi connectivity index (χ1v) is 9.78. The topological polar surface area (TPSA) is 67.9 Å². The second-order valence-corrected chi connectivity index (χ2v) is 7.78. The molecule has 148 valence electrons. The number of hydrogen-bond acceptors (Lipinski definition) is 4. The predicted molar refractivity (Wildman–Crippen MR) is 102 cm³/mol. The van der Waals surface area contributed by atoms with Gasteiger partial charge in [-0.05, 0) is 50.7 Å². The molecule has 1 atom stereocenters. The Morgan fingerprint density at radius 1 is 1.33 bits per heavy atom. The van der Waals surface area contributed by atoms with Gasteiger partial charge in [-0.25, -0.2) is 0 Å². The van der Waals surface area contributed by atoms with Gasteiger partial charge in [-0.1, -0.05) is 24.6 Å². The summed E-state index contributed by atoms with van der Waals surface area (Å²) in [5.41, 5.74) is 0.956. The van der Waals surface area contributed by atoms with Crippen molar-refractivity contribution >= 4 is 11.8 Å². The molecule has 0 radical (unpaired) electrons. The monoisotopic (exact) mass is 374 g/mol. The third-order valence-corrected chi connectivity index (χ3v) is 5.71. The molecular weight excluding hydrogens is 344 g/mol. The summed E-state index contributed by atoms with van der Waals surface area (Å²) < 4.78 is 11.2. The van der Waals surface area contributed by atoms with Crippen molar-refractivity contribution in [1.29, 1.82) is 0 Å². The summed E-state index contributed by atoms with van der Waals surface area (Å²) in [6.07, 6.45) is 3.53. The first-order valence-electron chi connectivity index (χ1n) is 9.78. The molecule has 2 fully saturated rings. The van der Waals surface area contributed by atoms with Crippen molar-refractivity contribution in [1.82, 2.24) is 10.2 Å². The molecule has 1 saturated carbocycles. The largest absolute Gasteiger partial charge is 0.383 e. The van der Waals surface area contributed by atoms with E-state index in [4.69, 9.17) is 9.47 Å². The number of rotatable bonds is 5. The Hall–Kier alpha value is -1.92. The van der Waals surface area contributed by atoms with Crippen molar-refractivity contribution in [3.8, 4) is 0 Å². The number of nitrogens with zero attached hydrogens (tertiary/aromatic N) is 1. The highest BCUT2D eigenvalue weighted by Gasteiger charge is 2.53. The molecule has 1 heterocycles. The molecule has 1 aliphatic carbocycles. The van der Waals surface area contributed by atoms with Gasteiger partial charge in [0.25, 0.3) is 5.91 Å². The lowest BCUT2D eigenvalue weighted by molar-refractivity contribution is -0.128. The van der Waals surface area contributed by atoms with Gasteiger partial charge in [-0.2, -0.15) is 0 Å². The Morgan fingerprint density at radius 2 is 2.07 bits per heavy atom. The van der Waals surface area contributed by atoms with E-state index >= 15 is 0 Å². The molecule has 1 saturated heterocycles. The van der Waals surface area contributed by atoms with Gasteiger partial charge in [0.15, 0.2) is 0 Å². The molecule has 1 aromatic rings. The molecule has 2 amide bonds. The average molecular weight is 374 g/mol. The van der Waals surface area contributed by atoms with Crippen LogP contribution in [-0.2, 0) is 14.3 Å². The maximum Gasteiger partial charge on any atom is 0.256 e. The fourth-order valence-electron chi connectivity index (χ4n) is 4.09. The maximum absolute atomic E-state index is 13.4. The Kier molecular flexibility index (Phi) is 6.17. The van der Waals surface area contributed by atoms with Gasteiger partial charge in [0.05, 0.1) is 13.2 Å². The molecule has 1 spiro atoms. The average Bonchev–Trinajstić information content (AvgIpc) is 3.03. The van der Waals surface area contributed by atoms with Crippen molar-refractivity contribution in [3.63, 3.8) is 0 Å². The fourth-order valence-corrected chi connectivity index (χ4v) is 4.09. The SMILES string of the molecule is COCCNC(=O)[C@H]1COC2(CCC(C)CC2)N1C(=O)c1cccc(C)c1. The molecule has 2 aliphatic rings. The predicted octanol–water partition coefficient (Wildman–Crippen LogP) is 2.51. The zero-order chi connectivity index (χ0) is 19.4. The summed E-state index contributed by atoms with van der Waals surface area (Å²) in [7, 11) is 1.59. The van der Waals surface area contributed by atoms with Gasteiger partial charge in [0.1, 0.15) is 11.8 Å². The van der Waals surface area contributed by atoms with Crippen LogP contribution in [0.1, 0.15) is 48.5 Å². The molecule has 27 heavy (non-hydrogen) atoms. The molecular formula is C21H30N2O4. The number of benzene rings is 1. The standard InChI is InChI=1S/C21H30N2O4/c1-15-7-9-21(10-8-15)23(20(25)17-6-4-5-16(2)13-17)18(14-27-21)19(24)22-11-12-26-3/h4-6,13,15,18H,7-12,14H2,1-3H3,(H,22,24)/t15?,18-,21?/m1/s1. The van der Waals surface area contributed by atoms with Gasteiger partial charge in [0.2, 0.25) is 5.91 Å². The summed E-state index contributed by atoms with van der Waals surface area (Å²) in [5, 5.41) is 2.87. The van der Waals surface area contributed by atoms with Crippen molar-refractivity contribution < 1.29 is 19.1 Å². The van der Waals surface area contributed by atoms with Crippen LogP contribution in [-0.4, -0.2) is 55.3 Å². The lowest BCUT2D eigenvalue weighted by Crippen LogP contribution is -2.57. The van der Waals surface area contributed by atoms with Gasteiger partial charge < -0.3 is 14.8 Å². The summed E-state index contributed by atoms with van der Waals surface area (Å²) in [6, 6.07) is 6.92. The van der Waals surface area contributed by atoms with Crippen LogP contribution >= 0.6 is 0 Å². The summed E-state index contributed by atoms with van der Waals surface area (Å²) in [4.78, 5) is 27.9. The molecule has 6 nitrogen and oxygen atoms in total. The molecule has 6 heteroatoms. The molecule has 1 aromatic carbocycles. The Bertz CT molecular complexity index is 683. The van der Waals surface area contributed by atoms with E-state index in [2.05, 4.69) is 12.2 Å². The van der Waals surface area contributed by atoms with Crippen LogP contribution in [0.2, 0.25) is 0 Å². The van der Waals surface area contributed by atoms with Gasteiger partial charge in [-0.15, -0.1) is 0 Å². The number of amides is 2. The highest BCUT2D eigenvalue weighted by atomic mass is 16.5. The van der Waals surface area contributed by atoms with Gasteiger partial charge in [0, 0.05) is 19.2 Å². The van der Waals surface area contributed by atoms with E-state index in [1.165, 1.54) is 0 Å². The Labute approximate surface area is 161 Å². The van der Waals surface area contributed by atoms with Crippen molar-refractivity contribution in [3.05, 3.63) is 35.4 Å². The van der Waals surface area contributed by atoms with E-state index in [0.717, 1.165) is 31.2 Å². The number of nitrogens with one attached hydrogen (secondary N) is 1. The quantitative estimate of drug-likeness (QED) is 0.804. The number of ether oxygens (including phenoxy) is 2. The van der Waals surface area contributed by atoms with Crippen LogP contribution in [0.15, 0.2) is 24.3 Å². The van der Waals surface area contributed by atoms with Crippen LogP contribution < -0.4 is 5.32 Å². The minimum atomic E-state index is -0.670. The second-order valence-electron chi connectivity index (χ2n) is 7.78. The Morgan fingerprint density at radius 3 is 2.74 bits per heavy atom. The lowest BCUT2D eigenvalue weighted by atomic mass is 9.83. The number of methoxy groups -OCH3 is 1. The van der Waals surface area contributed by atoms with Gasteiger partial charge in [-0.3, -0.25) is 14.5 Å². The van der Waals surface area contributed by atoms with Crippen LogP contribution in [0.4, 0.5) is 0 Å². The van der Waals surface area contributed by atoms with E-state index in [0.29, 0.717) is 24.6 Å². The van der Waals surface area contributed by atoms with Crippen molar-refractivity contribution in [2.75, 3.05) is 26.9 Å². The molecule has 0 aromatic heterocycles. The third-order valence-electron chi connectivity index (χ3n) is 5.71. The highest BCUT2D eigenvalue weighted by Crippen LogP contribution is 2.43. The van der Waals surface area contributed by atoms with Crippen LogP contribution in [0.3, 0.4) is 0 Å². The zero-order valence-corrected chi connectivity index (χ0v) is 16.5. The molecule has 3 rings (SSSR count).